The second kappa shape index (κ2) is 7.00. The summed E-state index contributed by atoms with van der Waals surface area (Å²) in [7, 11) is 0.444. The molecule has 0 spiro atoms. The van der Waals surface area contributed by atoms with Gasteiger partial charge in [-0.3, -0.25) is 0 Å². The molecule has 7 heteroatoms. The molecule has 0 fully saturated rings. The molecule has 122 valence electrons. The van der Waals surface area contributed by atoms with E-state index in [4.69, 9.17) is 21.1 Å². The summed E-state index contributed by atoms with van der Waals surface area (Å²) < 4.78 is 13.0. The number of methoxy groups -OCH3 is 1. The second-order valence-corrected chi connectivity index (χ2v) is 12.5. The van der Waals surface area contributed by atoms with Crippen LogP contribution in [-0.2, 0) is 18.1 Å². The molecule has 22 heavy (non-hydrogen) atoms. The Kier molecular flexibility index (Phi) is 5.49. The fraction of sp³-hybridized carbons (Fsp3) is 0.533. The molecule has 0 radical (unpaired) electrons. The molecule has 0 aliphatic carbocycles. The SMILES string of the molecule is COc1ncc(Cl)c2cc(CO)n(COCC[Si](C)(C)C)c12. The highest BCUT2D eigenvalue weighted by Crippen LogP contribution is 2.32. The predicted molar refractivity (Wildman–Crippen MR) is 91.3 cm³/mol. The lowest BCUT2D eigenvalue weighted by atomic mass is 10.3. The minimum Gasteiger partial charge on any atom is -0.479 e. The summed E-state index contributed by atoms with van der Waals surface area (Å²) in [5.41, 5.74) is 1.49. The van der Waals surface area contributed by atoms with Crippen LogP contribution in [-0.4, -0.2) is 36.4 Å². The van der Waals surface area contributed by atoms with Crippen molar-refractivity contribution in [1.29, 1.82) is 0 Å². The van der Waals surface area contributed by atoms with Crippen molar-refractivity contribution in [1.82, 2.24) is 9.55 Å². The maximum Gasteiger partial charge on any atom is 0.238 e. The van der Waals surface area contributed by atoms with Gasteiger partial charge in [-0.05, 0) is 12.1 Å². The van der Waals surface area contributed by atoms with Crippen LogP contribution in [0.1, 0.15) is 5.69 Å². The maximum absolute atomic E-state index is 9.59. The van der Waals surface area contributed by atoms with E-state index < -0.39 is 8.07 Å². The Labute approximate surface area is 136 Å². The number of aliphatic hydroxyl groups is 1. The normalized spacial score (nSPS) is 12.1. The first-order valence-corrected chi connectivity index (χ1v) is 11.3. The fourth-order valence-electron chi connectivity index (χ4n) is 2.22. The number of hydrogen-bond acceptors (Lipinski definition) is 4. The zero-order valence-corrected chi connectivity index (χ0v) is 15.3. The van der Waals surface area contributed by atoms with Crippen molar-refractivity contribution in [3.63, 3.8) is 0 Å². The Morgan fingerprint density at radius 2 is 2.09 bits per heavy atom. The third-order valence-electron chi connectivity index (χ3n) is 3.51. The first-order valence-electron chi connectivity index (χ1n) is 7.26. The first kappa shape index (κ1) is 17.3. The third kappa shape index (κ3) is 3.81. The van der Waals surface area contributed by atoms with Crippen molar-refractivity contribution >= 4 is 30.6 Å². The molecule has 0 aromatic carbocycles. The lowest BCUT2D eigenvalue weighted by Crippen LogP contribution is -2.22. The molecular formula is C15H23ClN2O3Si. The summed E-state index contributed by atoms with van der Waals surface area (Å²) in [5, 5.41) is 10.9. The summed E-state index contributed by atoms with van der Waals surface area (Å²) in [6.45, 7) is 7.90. The first-order chi connectivity index (χ1) is 10.4. The van der Waals surface area contributed by atoms with E-state index in [0.717, 1.165) is 22.6 Å². The van der Waals surface area contributed by atoms with Gasteiger partial charge in [-0.2, -0.15) is 0 Å². The van der Waals surface area contributed by atoms with Crippen LogP contribution in [0.2, 0.25) is 30.7 Å². The molecule has 2 aromatic heterocycles. The van der Waals surface area contributed by atoms with Crippen LogP contribution in [0.25, 0.3) is 10.9 Å². The Morgan fingerprint density at radius 3 is 2.68 bits per heavy atom. The Balaban J connectivity index is 2.29. The molecule has 2 rings (SSSR count). The van der Waals surface area contributed by atoms with Crippen molar-refractivity contribution in [2.45, 2.75) is 39.0 Å². The van der Waals surface area contributed by atoms with E-state index in [1.54, 1.807) is 13.3 Å². The smallest absolute Gasteiger partial charge is 0.238 e. The number of aliphatic hydroxyl groups excluding tert-OH is 1. The molecule has 5 nitrogen and oxygen atoms in total. The molecule has 0 saturated heterocycles. The molecule has 0 atom stereocenters. The number of ether oxygens (including phenoxy) is 2. The second-order valence-electron chi connectivity index (χ2n) is 6.45. The number of fused-ring (bicyclic) bond motifs is 1. The maximum atomic E-state index is 9.59. The van der Waals surface area contributed by atoms with Crippen LogP contribution < -0.4 is 4.74 Å². The Hall–Kier alpha value is -1.08. The lowest BCUT2D eigenvalue weighted by Gasteiger charge is -2.17. The number of pyridine rings is 1. The van der Waals surface area contributed by atoms with Crippen LogP contribution in [0.3, 0.4) is 0 Å². The zero-order chi connectivity index (χ0) is 16.3. The third-order valence-corrected chi connectivity index (χ3v) is 5.52. The van der Waals surface area contributed by atoms with Gasteiger partial charge in [0, 0.05) is 25.8 Å². The molecule has 1 N–H and O–H groups in total. The molecule has 0 saturated carbocycles. The number of halogens is 1. The highest BCUT2D eigenvalue weighted by Gasteiger charge is 2.17. The van der Waals surface area contributed by atoms with Gasteiger partial charge in [0.15, 0.2) is 0 Å². The molecule has 2 heterocycles. The van der Waals surface area contributed by atoms with Gasteiger partial charge in [-0.1, -0.05) is 31.2 Å². The summed E-state index contributed by atoms with van der Waals surface area (Å²) in [6.07, 6.45) is 1.56. The lowest BCUT2D eigenvalue weighted by molar-refractivity contribution is 0.0851. The average molecular weight is 343 g/mol. The van der Waals surface area contributed by atoms with E-state index in [1.807, 2.05) is 10.6 Å². The number of nitrogens with zero attached hydrogens (tertiary/aromatic N) is 2. The van der Waals surface area contributed by atoms with Crippen LogP contribution in [0.5, 0.6) is 5.88 Å². The molecule has 0 aliphatic rings. The molecule has 2 aromatic rings. The minimum absolute atomic E-state index is 0.0917. The summed E-state index contributed by atoms with van der Waals surface area (Å²) in [6, 6.07) is 2.94. The van der Waals surface area contributed by atoms with Crippen LogP contribution in [0.15, 0.2) is 12.3 Å². The minimum atomic E-state index is -1.12. The van der Waals surface area contributed by atoms with Gasteiger partial charge in [0.2, 0.25) is 5.88 Å². The average Bonchev–Trinajstić information content (AvgIpc) is 2.83. The number of aromatic nitrogens is 2. The van der Waals surface area contributed by atoms with Gasteiger partial charge in [0.1, 0.15) is 12.2 Å². The highest BCUT2D eigenvalue weighted by atomic mass is 35.5. The predicted octanol–water partition coefficient (Wildman–Crippen LogP) is 3.50. The topological polar surface area (TPSA) is 56.5 Å². The van der Waals surface area contributed by atoms with Crippen LogP contribution >= 0.6 is 11.6 Å². The van der Waals surface area contributed by atoms with Gasteiger partial charge in [-0.25, -0.2) is 4.98 Å². The van der Waals surface area contributed by atoms with Gasteiger partial charge in [0.25, 0.3) is 0 Å². The zero-order valence-electron chi connectivity index (χ0n) is 13.5. The molecule has 0 unspecified atom stereocenters. The molecular weight excluding hydrogens is 320 g/mol. The van der Waals surface area contributed by atoms with Crippen molar-refractivity contribution < 1.29 is 14.6 Å². The van der Waals surface area contributed by atoms with Gasteiger partial charge >= 0.3 is 0 Å². The van der Waals surface area contributed by atoms with Crippen LogP contribution in [0.4, 0.5) is 0 Å². The van der Waals surface area contributed by atoms with Crippen molar-refractivity contribution in [3.8, 4) is 5.88 Å². The number of rotatable bonds is 7. The monoisotopic (exact) mass is 342 g/mol. The van der Waals surface area contributed by atoms with E-state index in [-0.39, 0.29) is 6.61 Å². The highest BCUT2D eigenvalue weighted by molar-refractivity contribution is 6.76. The van der Waals surface area contributed by atoms with E-state index in [2.05, 4.69) is 24.6 Å². The quantitative estimate of drug-likeness (QED) is 0.618. The molecule has 0 amide bonds. The van der Waals surface area contributed by atoms with Crippen molar-refractivity contribution in [2.75, 3.05) is 13.7 Å². The largest absolute Gasteiger partial charge is 0.479 e. The van der Waals surface area contributed by atoms with Crippen molar-refractivity contribution in [2.24, 2.45) is 0 Å². The van der Waals surface area contributed by atoms with Gasteiger partial charge < -0.3 is 19.1 Å². The summed E-state index contributed by atoms with van der Waals surface area (Å²) in [5.74, 6) is 0.480. The van der Waals surface area contributed by atoms with E-state index in [1.165, 1.54) is 0 Å². The van der Waals surface area contributed by atoms with Gasteiger partial charge in [-0.15, -0.1) is 0 Å². The standard InChI is InChI=1S/C15H23ClN2O3Si/c1-20-15-14-12(13(16)8-17-15)7-11(9-19)18(14)10-21-5-6-22(2,3)4/h7-8,19H,5-6,9-10H2,1-4H3. The summed E-state index contributed by atoms with van der Waals surface area (Å²) >= 11 is 6.20. The van der Waals surface area contributed by atoms with E-state index >= 15 is 0 Å². The van der Waals surface area contributed by atoms with E-state index in [9.17, 15) is 5.11 Å². The van der Waals surface area contributed by atoms with Crippen molar-refractivity contribution in [3.05, 3.63) is 23.0 Å². The fourth-order valence-corrected chi connectivity index (χ4v) is 3.17. The van der Waals surface area contributed by atoms with Gasteiger partial charge in [0.05, 0.1) is 24.9 Å². The Bertz CT molecular complexity index is 652. The molecule has 0 aliphatic heterocycles. The molecule has 0 bridgehead atoms. The van der Waals surface area contributed by atoms with Crippen LogP contribution in [0, 0.1) is 0 Å². The Morgan fingerprint density at radius 1 is 1.36 bits per heavy atom. The summed E-state index contributed by atoms with van der Waals surface area (Å²) in [4.78, 5) is 4.20. The number of hydrogen-bond donors (Lipinski definition) is 1. The van der Waals surface area contributed by atoms with E-state index in [0.29, 0.717) is 24.2 Å².